The number of carbonyl (C=O) groups is 2. The molecule has 3 heteroatoms. The van der Waals surface area contributed by atoms with Crippen LogP contribution in [0.1, 0.15) is 19.8 Å². The highest BCUT2D eigenvalue weighted by Crippen LogP contribution is 2.06. The largest absolute Gasteiger partial charge is 0.385 e. The lowest BCUT2D eigenvalue weighted by Gasteiger charge is -2.09. The molecule has 0 aliphatic carbocycles. The fourth-order valence-electron chi connectivity index (χ4n) is 0.754. The second kappa shape index (κ2) is 5.11. The van der Waals surface area contributed by atoms with Gasteiger partial charge in [-0.3, -0.25) is 0 Å². The molecule has 0 saturated heterocycles. The highest BCUT2D eigenvalue weighted by molar-refractivity contribution is 5.66. The zero-order valence-corrected chi connectivity index (χ0v) is 5.99. The fraction of sp³-hybridized carbons (Fsp3) is 0.714. The molecule has 58 valence electrons. The summed E-state index contributed by atoms with van der Waals surface area (Å²) in [5.74, 6) is -0.512. The molecule has 0 saturated carbocycles. The quantitative estimate of drug-likeness (QED) is 0.559. The van der Waals surface area contributed by atoms with Crippen LogP contribution in [0.5, 0.6) is 0 Å². The number of rotatable bonds is 5. The van der Waals surface area contributed by atoms with Crippen LogP contribution >= 0.6 is 0 Å². The van der Waals surface area contributed by atoms with E-state index in [9.17, 15) is 9.59 Å². The molecule has 0 aromatic rings. The second-order valence-corrected chi connectivity index (χ2v) is 2.22. The molecule has 0 radical (unpaired) electrons. The lowest BCUT2D eigenvalue weighted by molar-refractivity contribution is -0.124. The maximum absolute atomic E-state index is 10.2. The number of hydrogen-bond acceptors (Lipinski definition) is 3. The molecule has 2 unspecified atom stereocenters. The maximum Gasteiger partial charge on any atom is 0.149 e. The van der Waals surface area contributed by atoms with Crippen molar-refractivity contribution >= 4 is 12.6 Å². The van der Waals surface area contributed by atoms with Gasteiger partial charge >= 0.3 is 0 Å². The van der Waals surface area contributed by atoms with Gasteiger partial charge in [0.25, 0.3) is 0 Å². The topological polar surface area (TPSA) is 54.4 Å². The lowest BCUT2D eigenvalue weighted by atomic mass is 10.0. The normalized spacial score (nSPS) is 15.8. The molecule has 10 heavy (non-hydrogen) atoms. The Morgan fingerprint density at radius 3 is 2.30 bits per heavy atom. The van der Waals surface area contributed by atoms with Crippen molar-refractivity contribution in [2.45, 2.75) is 25.9 Å². The van der Waals surface area contributed by atoms with Crippen LogP contribution < -0.4 is 0 Å². The summed E-state index contributed by atoms with van der Waals surface area (Å²) in [4.78, 5) is 20.1. The average molecular weight is 144 g/mol. The van der Waals surface area contributed by atoms with Gasteiger partial charge in [-0.05, 0) is 6.42 Å². The van der Waals surface area contributed by atoms with E-state index in [1.54, 1.807) is 0 Å². The molecule has 0 rings (SSSR count). The first-order valence-corrected chi connectivity index (χ1v) is 3.34. The van der Waals surface area contributed by atoms with Crippen molar-refractivity contribution in [1.29, 1.82) is 0 Å². The summed E-state index contributed by atoms with van der Waals surface area (Å²) in [6, 6.07) is 0. The lowest BCUT2D eigenvalue weighted by Crippen LogP contribution is -2.22. The molecule has 0 fully saturated rings. The van der Waals surface area contributed by atoms with Gasteiger partial charge in [0.15, 0.2) is 0 Å². The molecule has 0 amide bonds. The first-order chi connectivity index (χ1) is 4.76. The molecule has 0 aliphatic heterocycles. The van der Waals surface area contributed by atoms with Gasteiger partial charge in [0.2, 0.25) is 0 Å². The van der Waals surface area contributed by atoms with E-state index in [4.69, 9.17) is 5.11 Å². The van der Waals surface area contributed by atoms with Crippen molar-refractivity contribution in [3.8, 4) is 0 Å². The Morgan fingerprint density at radius 2 is 2.00 bits per heavy atom. The van der Waals surface area contributed by atoms with Crippen LogP contribution in [-0.2, 0) is 9.59 Å². The minimum atomic E-state index is -1.11. The minimum absolute atomic E-state index is 0.398. The van der Waals surface area contributed by atoms with E-state index in [-0.39, 0.29) is 0 Å². The average Bonchev–Trinajstić information content (AvgIpc) is 1.99. The van der Waals surface area contributed by atoms with Crippen LogP contribution in [0.4, 0.5) is 0 Å². The van der Waals surface area contributed by atoms with Gasteiger partial charge in [0.1, 0.15) is 18.7 Å². The Morgan fingerprint density at radius 1 is 1.40 bits per heavy atom. The van der Waals surface area contributed by atoms with Crippen molar-refractivity contribution in [3.63, 3.8) is 0 Å². The van der Waals surface area contributed by atoms with Crippen molar-refractivity contribution in [1.82, 2.24) is 0 Å². The van der Waals surface area contributed by atoms with E-state index in [0.29, 0.717) is 19.0 Å². The van der Waals surface area contributed by atoms with Crippen molar-refractivity contribution in [2.24, 2.45) is 5.92 Å². The highest BCUT2D eigenvalue weighted by atomic mass is 16.3. The van der Waals surface area contributed by atoms with Gasteiger partial charge in [-0.1, -0.05) is 13.3 Å². The molecular formula is C7H12O3. The molecule has 0 aliphatic rings. The zero-order valence-electron chi connectivity index (χ0n) is 5.99. The number of aliphatic hydroxyl groups is 1. The fourth-order valence-corrected chi connectivity index (χ4v) is 0.754. The molecule has 0 heterocycles. The van der Waals surface area contributed by atoms with Crippen molar-refractivity contribution in [3.05, 3.63) is 0 Å². The van der Waals surface area contributed by atoms with Crippen LogP contribution in [0.2, 0.25) is 0 Å². The number of aliphatic hydroxyl groups excluding tert-OH is 1. The standard InChI is InChI=1S/C7H12O3/c1-2-3-6(4-8)7(10)5-9/h4-7,10H,2-3H2,1H3. The first-order valence-electron chi connectivity index (χ1n) is 3.34. The van der Waals surface area contributed by atoms with Gasteiger partial charge in [-0.15, -0.1) is 0 Å². The number of hydrogen-bond donors (Lipinski definition) is 1. The van der Waals surface area contributed by atoms with E-state index < -0.39 is 12.0 Å². The van der Waals surface area contributed by atoms with Crippen LogP contribution in [0, 0.1) is 5.92 Å². The van der Waals surface area contributed by atoms with Crippen LogP contribution in [-0.4, -0.2) is 23.8 Å². The highest BCUT2D eigenvalue weighted by Gasteiger charge is 2.15. The Bertz CT molecular complexity index is 111. The van der Waals surface area contributed by atoms with E-state index >= 15 is 0 Å². The predicted octanol–water partition coefficient (Wildman–Crippen LogP) is 0.161. The SMILES string of the molecule is CCCC(C=O)C(O)C=O. The van der Waals surface area contributed by atoms with Gasteiger partial charge in [-0.25, -0.2) is 0 Å². The predicted molar refractivity (Wildman–Crippen MR) is 36.5 cm³/mol. The van der Waals surface area contributed by atoms with Crippen LogP contribution in [0.15, 0.2) is 0 Å². The van der Waals surface area contributed by atoms with Crippen molar-refractivity contribution in [2.75, 3.05) is 0 Å². The monoisotopic (exact) mass is 144 g/mol. The van der Waals surface area contributed by atoms with Gasteiger partial charge in [0, 0.05) is 5.92 Å². The minimum Gasteiger partial charge on any atom is -0.385 e. The number of aldehydes is 2. The molecule has 0 spiro atoms. The van der Waals surface area contributed by atoms with E-state index in [0.717, 1.165) is 6.42 Å². The Labute approximate surface area is 60.0 Å². The summed E-state index contributed by atoms with van der Waals surface area (Å²) in [7, 11) is 0. The summed E-state index contributed by atoms with van der Waals surface area (Å²) >= 11 is 0. The van der Waals surface area contributed by atoms with Crippen molar-refractivity contribution < 1.29 is 14.7 Å². The van der Waals surface area contributed by atoms with E-state index in [1.807, 2.05) is 6.92 Å². The first kappa shape index (κ1) is 9.30. The summed E-state index contributed by atoms with van der Waals surface area (Å²) in [5.41, 5.74) is 0. The summed E-state index contributed by atoms with van der Waals surface area (Å²) in [6.07, 6.45) is 1.28. The molecule has 0 aromatic carbocycles. The Hall–Kier alpha value is -0.700. The molecule has 0 aromatic heterocycles. The summed E-state index contributed by atoms with van der Waals surface area (Å²) in [6.45, 7) is 1.90. The molecule has 3 nitrogen and oxygen atoms in total. The number of carbonyl (C=O) groups excluding carboxylic acids is 2. The van der Waals surface area contributed by atoms with E-state index in [2.05, 4.69) is 0 Å². The van der Waals surface area contributed by atoms with Gasteiger partial charge < -0.3 is 14.7 Å². The van der Waals surface area contributed by atoms with E-state index in [1.165, 1.54) is 0 Å². The van der Waals surface area contributed by atoms with Gasteiger partial charge in [-0.2, -0.15) is 0 Å². The molecule has 2 atom stereocenters. The third-order valence-corrected chi connectivity index (χ3v) is 1.37. The summed E-state index contributed by atoms with van der Waals surface area (Å²) < 4.78 is 0. The maximum atomic E-state index is 10.2. The Balaban J connectivity index is 3.78. The van der Waals surface area contributed by atoms with Crippen LogP contribution in [0.3, 0.4) is 0 Å². The third-order valence-electron chi connectivity index (χ3n) is 1.37. The third kappa shape index (κ3) is 2.73. The smallest absolute Gasteiger partial charge is 0.149 e. The summed E-state index contributed by atoms with van der Waals surface area (Å²) in [5, 5.41) is 8.85. The second-order valence-electron chi connectivity index (χ2n) is 2.22. The van der Waals surface area contributed by atoms with Gasteiger partial charge in [0.05, 0.1) is 0 Å². The molecule has 1 N–H and O–H groups in total. The van der Waals surface area contributed by atoms with Crippen LogP contribution in [0.25, 0.3) is 0 Å². The molecular weight excluding hydrogens is 132 g/mol. The Kier molecular flexibility index (Phi) is 4.76. The molecule has 0 bridgehead atoms. The zero-order chi connectivity index (χ0) is 7.98.